The Morgan fingerprint density at radius 1 is 1.24 bits per heavy atom. The molecule has 1 aliphatic rings. The Kier molecular flexibility index (Phi) is 4.56. The van der Waals surface area contributed by atoms with Crippen molar-refractivity contribution in [1.29, 1.82) is 0 Å². The van der Waals surface area contributed by atoms with Crippen molar-refractivity contribution in [1.82, 2.24) is 4.57 Å². The number of aromatic nitrogens is 1. The molecule has 2 heterocycles. The SMILES string of the molecule is COc1cc(NC(=O)c2cccn(C)c2=O)ccc1N1CCCC1=O. The number of ether oxygens (including phenoxy) is 1. The largest absolute Gasteiger partial charge is 0.494 e. The van der Waals surface area contributed by atoms with Gasteiger partial charge < -0.3 is 19.5 Å². The monoisotopic (exact) mass is 341 g/mol. The van der Waals surface area contributed by atoms with Crippen LogP contribution in [0.15, 0.2) is 41.3 Å². The lowest BCUT2D eigenvalue weighted by atomic mass is 10.2. The standard InChI is InChI=1S/C18H19N3O4/c1-20-9-3-5-13(18(20)24)17(23)19-12-7-8-14(15(11-12)25-2)21-10-4-6-16(21)22/h3,5,7-9,11H,4,6,10H2,1-2H3,(H,19,23). The summed E-state index contributed by atoms with van der Waals surface area (Å²) in [6.45, 7) is 0.654. The number of nitrogens with zero attached hydrogens (tertiary/aromatic N) is 2. The minimum Gasteiger partial charge on any atom is -0.494 e. The van der Waals surface area contributed by atoms with Crippen molar-refractivity contribution in [2.75, 3.05) is 23.9 Å². The van der Waals surface area contributed by atoms with Gasteiger partial charge in [-0.25, -0.2) is 0 Å². The van der Waals surface area contributed by atoms with Crippen LogP contribution in [-0.2, 0) is 11.8 Å². The molecular formula is C18H19N3O4. The Balaban J connectivity index is 1.86. The van der Waals surface area contributed by atoms with Crippen LogP contribution in [0.2, 0.25) is 0 Å². The molecule has 0 spiro atoms. The van der Waals surface area contributed by atoms with Gasteiger partial charge in [0, 0.05) is 38.0 Å². The Hall–Kier alpha value is -3.09. The molecule has 0 radical (unpaired) electrons. The van der Waals surface area contributed by atoms with E-state index in [1.165, 1.54) is 17.7 Å². The Labute approximate surface area is 144 Å². The average molecular weight is 341 g/mol. The van der Waals surface area contributed by atoms with Gasteiger partial charge in [0.2, 0.25) is 5.91 Å². The van der Waals surface area contributed by atoms with E-state index in [1.807, 2.05) is 0 Å². The predicted molar refractivity (Wildman–Crippen MR) is 94.2 cm³/mol. The van der Waals surface area contributed by atoms with Crippen LogP contribution in [0, 0.1) is 0 Å². The molecule has 0 atom stereocenters. The first-order valence-corrected chi connectivity index (χ1v) is 7.96. The van der Waals surface area contributed by atoms with Gasteiger partial charge in [0.25, 0.3) is 11.5 Å². The smallest absolute Gasteiger partial charge is 0.263 e. The van der Waals surface area contributed by atoms with Gasteiger partial charge in [-0.3, -0.25) is 14.4 Å². The second-order valence-corrected chi connectivity index (χ2v) is 5.83. The van der Waals surface area contributed by atoms with Crippen molar-refractivity contribution in [3.8, 4) is 5.75 Å². The molecule has 3 rings (SSSR count). The minimum atomic E-state index is -0.492. The van der Waals surface area contributed by atoms with Gasteiger partial charge in [-0.15, -0.1) is 0 Å². The van der Waals surface area contributed by atoms with Crippen LogP contribution in [0.5, 0.6) is 5.75 Å². The number of aryl methyl sites for hydroxylation is 1. The van der Waals surface area contributed by atoms with Gasteiger partial charge in [-0.05, 0) is 30.7 Å². The van der Waals surface area contributed by atoms with E-state index < -0.39 is 5.91 Å². The first-order valence-electron chi connectivity index (χ1n) is 7.96. The first kappa shape index (κ1) is 16.8. The lowest BCUT2D eigenvalue weighted by Crippen LogP contribution is -2.27. The normalized spacial score (nSPS) is 13.8. The highest BCUT2D eigenvalue weighted by Gasteiger charge is 2.24. The quantitative estimate of drug-likeness (QED) is 0.919. The molecule has 1 saturated heterocycles. The summed E-state index contributed by atoms with van der Waals surface area (Å²) in [6.07, 6.45) is 2.93. The number of carbonyl (C=O) groups is 2. The maximum Gasteiger partial charge on any atom is 0.263 e. The van der Waals surface area contributed by atoms with Crippen molar-refractivity contribution < 1.29 is 14.3 Å². The molecule has 1 N–H and O–H groups in total. The van der Waals surface area contributed by atoms with E-state index in [0.717, 1.165) is 6.42 Å². The van der Waals surface area contributed by atoms with E-state index in [0.29, 0.717) is 30.1 Å². The number of hydrogen-bond donors (Lipinski definition) is 1. The van der Waals surface area contributed by atoms with Crippen molar-refractivity contribution in [2.24, 2.45) is 7.05 Å². The van der Waals surface area contributed by atoms with Crippen LogP contribution in [-0.4, -0.2) is 30.0 Å². The molecule has 1 fully saturated rings. The number of amides is 2. The van der Waals surface area contributed by atoms with Gasteiger partial charge in [-0.2, -0.15) is 0 Å². The molecule has 0 unspecified atom stereocenters. The number of anilines is 2. The zero-order chi connectivity index (χ0) is 18.0. The van der Waals surface area contributed by atoms with Crippen molar-refractivity contribution in [3.05, 3.63) is 52.4 Å². The number of methoxy groups -OCH3 is 1. The maximum absolute atomic E-state index is 12.4. The maximum atomic E-state index is 12.4. The van der Waals surface area contributed by atoms with Gasteiger partial charge in [0.1, 0.15) is 11.3 Å². The fraction of sp³-hybridized carbons (Fsp3) is 0.278. The molecular weight excluding hydrogens is 322 g/mol. The minimum absolute atomic E-state index is 0.0581. The molecule has 25 heavy (non-hydrogen) atoms. The third-order valence-electron chi connectivity index (χ3n) is 4.17. The third kappa shape index (κ3) is 3.26. The molecule has 7 heteroatoms. The molecule has 2 aromatic rings. The summed E-state index contributed by atoms with van der Waals surface area (Å²) in [6, 6.07) is 8.19. The van der Waals surface area contributed by atoms with Crippen LogP contribution in [0.4, 0.5) is 11.4 Å². The highest BCUT2D eigenvalue weighted by molar-refractivity contribution is 6.04. The van der Waals surface area contributed by atoms with E-state index in [4.69, 9.17) is 4.74 Å². The molecule has 1 aromatic carbocycles. The van der Waals surface area contributed by atoms with Crippen molar-refractivity contribution >= 4 is 23.2 Å². The summed E-state index contributed by atoms with van der Waals surface area (Å²) in [7, 11) is 3.10. The zero-order valence-electron chi connectivity index (χ0n) is 14.1. The second kappa shape index (κ2) is 6.80. The summed E-state index contributed by atoms with van der Waals surface area (Å²) in [5.41, 5.74) is 0.857. The van der Waals surface area contributed by atoms with E-state index in [-0.39, 0.29) is 17.0 Å². The van der Waals surface area contributed by atoms with E-state index in [2.05, 4.69) is 5.32 Å². The van der Waals surface area contributed by atoms with Crippen molar-refractivity contribution in [2.45, 2.75) is 12.8 Å². The Morgan fingerprint density at radius 3 is 2.72 bits per heavy atom. The lowest BCUT2D eigenvalue weighted by Gasteiger charge is -2.19. The molecule has 130 valence electrons. The van der Waals surface area contributed by atoms with Gasteiger partial charge in [-0.1, -0.05) is 0 Å². The summed E-state index contributed by atoms with van der Waals surface area (Å²) in [5.74, 6) is 0.0603. The third-order valence-corrected chi connectivity index (χ3v) is 4.17. The number of pyridine rings is 1. The molecule has 0 saturated carbocycles. The fourth-order valence-electron chi connectivity index (χ4n) is 2.85. The number of nitrogens with one attached hydrogen (secondary N) is 1. The van der Waals surface area contributed by atoms with E-state index >= 15 is 0 Å². The summed E-state index contributed by atoms with van der Waals surface area (Å²) in [4.78, 5) is 38.0. The second-order valence-electron chi connectivity index (χ2n) is 5.83. The Bertz CT molecular complexity index is 888. The predicted octanol–water partition coefficient (Wildman–Crippen LogP) is 1.77. The van der Waals surface area contributed by atoms with Crippen molar-refractivity contribution in [3.63, 3.8) is 0 Å². The van der Waals surface area contributed by atoms with Gasteiger partial charge in [0.15, 0.2) is 0 Å². The van der Waals surface area contributed by atoms with Crippen LogP contribution < -0.4 is 20.5 Å². The highest BCUT2D eigenvalue weighted by atomic mass is 16.5. The molecule has 1 aliphatic heterocycles. The molecule has 2 amide bonds. The number of benzene rings is 1. The summed E-state index contributed by atoms with van der Waals surface area (Å²) < 4.78 is 6.71. The molecule has 7 nitrogen and oxygen atoms in total. The zero-order valence-corrected chi connectivity index (χ0v) is 14.1. The number of rotatable bonds is 4. The number of hydrogen-bond acceptors (Lipinski definition) is 4. The van der Waals surface area contributed by atoms with Gasteiger partial charge >= 0.3 is 0 Å². The summed E-state index contributed by atoms with van der Waals surface area (Å²) in [5, 5.41) is 2.69. The molecule has 0 aliphatic carbocycles. The van der Waals surface area contributed by atoms with E-state index in [1.54, 1.807) is 42.4 Å². The fourth-order valence-corrected chi connectivity index (χ4v) is 2.85. The average Bonchev–Trinajstić information content (AvgIpc) is 3.03. The van der Waals surface area contributed by atoms with Crippen LogP contribution in [0.1, 0.15) is 23.2 Å². The van der Waals surface area contributed by atoms with E-state index in [9.17, 15) is 14.4 Å². The molecule has 0 bridgehead atoms. The Morgan fingerprint density at radius 2 is 2.04 bits per heavy atom. The highest BCUT2D eigenvalue weighted by Crippen LogP contribution is 2.33. The van der Waals surface area contributed by atoms with Crippen LogP contribution in [0.25, 0.3) is 0 Å². The molecule has 1 aromatic heterocycles. The van der Waals surface area contributed by atoms with Crippen LogP contribution >= 0.6 is 0 Å². The summed E-state index contributed by atoms with van der Waals surface area (Å²) >= 11 is 0. The number of carbonyl (C=O) groups excluding carboxylic acids is 2. The topological polar surface area (TPSA) is 80.6 Å². The van der Waals surface area contributed by atoms with Gasteiger partial charge in [0.05, 0.1) is 12.8 Å². The van der Waals surface area contributed by atoms with Crippen LogP contribution in [0.3, 0.4) is 0 Å². The lowest BCUT2D eigenvalue weighted by molar-refractivity contribution is -0.117. The first-order chi connectivity index (χ1) is 12.0.